The quantitative estimate of drug-likeness (QED) is 0.128. The van der Waals surface area contributed by atoms with Gasteiger partial charge >= 0.3 is 26.2 Å². The van der Waals surface area contributed by atoms with Gasteiger partial charge in [-0.25, -0.2) is 0 Å². The van der Waals surface area contributed by atoms with Crippen molar-refractivity contribution in [2.24, 2.45) is 0 Å². The molecule has 44 heavy (non-hydrogen) atoms. The molecular weight excluding hydrogens is 624 g/mol. The van der Waals surface area contributed by atoms with E-state index in [1.165, 1.54) is 76.5 Å². The SMILES string of the molecule is C[Si]C.Cc1cc2c(-c3ccc4ccccc4c3)cccc2[cH-]1.Cc1cc2c(-c3ccc4ccccc4c3)cccc2[cH-]1.[Zr+2]. The van der Waals surface area contributed by atoms with Gasteiger partial charge in [-0.3, -0.25) is 0 Å². The van der Waals surface area contributed by atoms with Gasteiger partial charge in [-0.15, -0.1) is 69.1 Å². The summed E-state index contributed by atoms with van der Waals surface area (Å²) < 4.78 is 0. The monoisotopic (exact) mass is 658 g/mol. The molecule has 0 heterocycles. The minimum Gasteiger partial charge on any atom is -0.165 e. The van der Waals surface area contributed by atoms with Crippen molar-refractivity contribution in [3.63, 3.8) is 0 Å². The molecule has 0 amide bonds. The van der Waals surface area contributed by atoms with Crippen molar-refractivity contribution in [2.45, 2.75) is 26.9 Å². The Bertz CT molecular complexity index is 2010. The van der Waals surface area contributed by atoms with Crippen molar-refractivity contribution in [1.29, 1.82) is 0 Å². The first-order valence-corrected chi connectivity index (χ1v) is 16.9. The van der Waals surface area contributed by atoms with Crippen LogP contribution < -0.4 is 0 Å². The minimum atomic E-state index is 0. The fourth-order valence-corrected chi connectivity index (χ4v) is 5.99. The molecule has 0 unspecified atom stereocenters. The Hall–Kier alpha value is -3.84. The summed E-state index contributed by atoms with van der Waals surface area (Å²) in [4.78, 5) is 0. The summed E-state index contributed by atoms with van der Waals surface area (Å²) in [7, 11) is 1.08. The molecule has 0 saturated carbocycles. The Morgan fingerprint density at radius 3 is 1.23 bits per heavy atom. The van der Waals surface area contributed by atoms with Crippen LogP contribution in [0.5, 0.6) is 0 Å². The molecule has 8 aromatic carbocycles. The first-order chi connectivity index (χ1) is 21.0. The first-order valence-electron chi connectivity index (χ1n) is 14.9. The third-order valence-corrected chi connectivity index (χ3v) is 7.91. The molecule has 0 fully saturated rings. The van der Waals surface area contributed by atoms with Crippen LogP contribution in [0.4, 0.5) is 0 Å². The third-order valence-electron chi connectivity index (χ3n) is 7.91. The topological polar surface area (TPSA) is 0 Å². The predicted octanol–water partition coefficient (Wildman–Crippen LogP) is 12.2. The molecule has 2 radical (unpaired) electrons. The summed E-state index contributed by atoms with van der Waals surface area (Å²) in [5.41, 5.74) is 7.88. The van der Waals surface area contributed by atoms with E-state index in [1.807, 2.05) is 0 Å². The molecule has 0 spiro atoms. The van der Waals surface area contributed by atoms with Crippen molar-refractivity contribution in [1.82, 2.24) is 0 Å². The normalized spacial score (nSPS) is 10.6. The van der Waals surface area contributed by atoms with E-state index in [-0.39, 0.29) is 26.2 Å². The number of hydrogen-bond donors (Lipinski definition) is 0. The molecule has 0 aliphatic carbocycles. The van der Waals surface area contributed by atoms with Gasteiger partial charge in [-0.1, -0.05) is 123 Å². The second-order valence-electron chi connectivity index (χ2n) is 11.3. The molecule has 0 atom stereocenters. The van der Waals surface area contributed by atoms with Gasteiger partial charge in [0.15, 0.2) is 0 Å². The maximum absolute atomic E-state index is 2.28. The third kappa shape index (κ3) is 6.78. The summed E-state index contributed by atoms with van der Waals surface area (Å²) >= 11 is 0. The van der Waals surface area contributed by atoms with Crippen LogP contribution in [0.2, 0.25) is 13.1 Å². The van der Waals surface area contributed by atoms with Gasteiger partial charge in [0, 0.05) is 9.52 Å². The molecule has 0 aliphatic heterocycles. The number of fused-ring (bicyclic) bond motifs is 4. The van der Waals surface area contributed by atoms with Crippen LogP contribution >= 0.6 is 0 Å². The zero-order valence-corrected chi connectivity index (χ0v) is 29.3. The Morgan fingerprint density at radius 2 is 0.818 bits per heavy atom. The predicted molar refractivity (Wildman–Crippen MR) is 192 cm³/mol. The second kappa shape index (κ2) is 14.3. The number of aryl methyl sites for hydroxylation is 2. The smallest absolute Gasteiger partial charge is 0.165 e. The summed E-state index contributed by atoms with van der Waals surface area (Å²) in [6.07, 6.45) is 0. The molecule has 0 aliphatic rings. The standard InChI is InChI=1S/2C20H15.C2H6Si.Zr/c2*1-14-11-17-7-4-8-19(20(17)12-14)18-10-9-15-5-2-3-6-16(15)13-18;1-3-2;/h2*2-13H,1H3;1-2H3;/q2*-1;;+2. The zero-order chi connectivity index (χ0) is 29.8. The van der Waals surface area contributed by atoms with Crippen molar-refractivity contribution in [2.75, 3.05) is 0 Å². The molecule has 0 nitrogen and oxygen atoms in total. The molecule has 0 saturated heterocycles. The van der Waals surface area contributed by atoms with Gasteiger partial charge in [0.2, 0.25) is 0 Å². The van der Waals surface area contributed by atoms with Crippen LogP contribution in [0, 0.1) is 13.8 Å². The van der Waals surface area contributed by atoms with Crippen LogP contribution in [0.3, 0.4) is 0 Å². The largest absolute Gasteiger partial charge is 2.00 e. The van der Waals surface area contributed by atoms with Gasteiger partial charge < -0.3 is 0 Å². The molecule has 212 valence electrons. The maximum Gasteiger partial charge on any atom is 2.00 e. The Balaban J connectivity index is 0.000000157. The number of hydrogen-bond acceptors (Lipinski definition) is 0. The molecule has 8 aromatic rings. The Kier molecular flexibility index (Phi) is 10.3. The average Bonchev–Trinajstić information content (AvgIpc) is 3.62. The molecular formula is C42H36SiZr. The van der Waals surface area contributed by atoms with Crippen LogP contribution in [0.25, 0.3) is 65.3 Å². The molecule has 0 aromatic heterocycles. The minimum absolute atomic E-state index is 0. The molecule has 2 heteroatoms. The molecule has 8 rings (SSSR count). The first kappa shape index (κ1) is 31.6. The fourth-order valence-electron chi connectivity index (χ4n) is 5.99. The van der Waals surface area contributed by atoms with E-state index in [0.717, 1.165) is 9.52 Å². The van der Waals surface area contributed by atoms with Crippen LogP contribution in [-0.2, 0) is 26.2 Å². The summed E-state index contributed by atoms with van der Waals surface area (Å²) in [5.74, 6) is 0. The second-order valence-corrected chi connectivity index (χ2v) is 12.3. The molecule has 0 N–H and O–H groups in total. The van der Waals surface area contributed by atoms with Gasteiger partial charge in [-0.2, -0.15) is 12.1 Å². The van der Waals surface area contributed by atoms with E-state index in [2.05, 4.69) is 173 Å². The van der Waals surface area contributed by atoms with Gasteiger partial charge in [-0.05, 0) is 44.8 Å². The Labute approximate surface area is 283 Å². The van der Waals surface area contributed by atoms with Gasteiger partial charge in [0.1, 0.15) is 0 Å². The van der Waals surface area contributed by atoms with Crippen molar-refractivity contribution >= 4 is 52.6 Å². The van der Waals surface area contributed by atoms with Gasteiger partial charge in [0.25, 0.3) is 0 Å². The average molecular weight is 660 g/mol. The maximum atomic E-state index is 2.28. The van der Waals surface area contributed by atoms with E-state index >= 15 is 0 Å². The van der Waals surface area contributed by atoms with E-state index in [4.69, 9.17) is 0 Å². The van der Waals surface area contributed by atoms with E-state index in [9.17, 15) is 0 Å². The van der Waals surface area contributed by atoms with E-state index in [1.54, 1.807) is 0 Å². The summed E-state index contributed by atoms with van der Waals surface area (Å²) in [5, 5.41) is 10.5. The summed E-state index contributed by atoms with van der Waals surface area (Å²) in [6.45, 7) is 8.62. The number of benzene rings is 6. The fraction of sp³-hybridized carbons (Fsp3) is 0.0952. The zero-order valence-electron chi connectivity index (χ0n) is 25.9. The number of rotatable bonds is 2. The van der Waals surface area contributed by atoms with Crippen molar-refractivity contribution < 1.29 is 26.2 Å². The van der Waals surface area contributed by atoms with Crippen LogP contribution in [0.15, 0.2) is 146 Å². The summed E-state index contributed by atoms with van der Waals surface area (Å²) in [6, 6.07) is 52.6. The van der Waals surface area contributed by atoms with E-state index < -0.39 is 0 Å². The van der Waals surface area contributed by atoms with E-state index in [0.29, 0.717) is 0 Å². The Morgan fingerprint density at radius 1 is 0.432 bits per heavy atom. The molecule has 0 bridgehead atoms. The van der Waals surface area contributed by atoms with Crippen molar-refractivity contribution in [3.8, 4) is 22.3 Å². The van der Waals surface area contributed by atoms with Crippen LogP contribution in [-0.4, -0.2) is 9.52 Å². The van der Waals surface area contributed by atoms with Gasteiger partial charge in [0.05, 0.1) is 0 Å². The van der Waals surface area contributed by atoms with Crippen LogP contribution in [0.1, 0.15) is 11.1 Å². The van der Waals surface area contributed by atoms with Crippen molar-refractivity contribution in [3.05, 3.63) is 157 Å².